The molecule has 1 aliphatic rings. The molecule has 0 fully saturated rings. The molecule has 0 radical (unpaired) electrons. The average molecular weight is 238 g/mol. The van der Waals surface area contributed by atoms with E-state index in [1.54, 1.807) is 7.11 Å². The Bertz CT molecular complexity index is 531. The van der Waals surface area contributed by atoms with Crippen LogP contribution in [0.1, 0.15) is 29.0 Å². The Hall–Kier alpha value is -1.76. The first-order valence-corrected chi connectivity index (χ1v) is 6.57. The molecule has 0 N–H and O–H groups in total. The van der Waals surface area contributed by atoms with E-state index in [2.05, 4.69) is 48.5 Å². The minimum Gasteiger partial charge on any atom is -0.497 e. The van der Waals surface area contributed by atoms with Crippen molar-refractivity contribution in [2.24, 2.45) is 0 Å². The van der Waals surface area contributed by atoms with Gasteiger partial charge in [0.15, 0.2) is 0 Å². The standard InChI is InChI=1S/C17H18O/c1-18-17-10-9-15-11-14(7-8-16(15)12-17)13-5-3-2-4-6-13/h2-6,9-10,12,14H,7-8,11H2,1H3. The van der Waals surface area contributed by atoms with Crippen molar-refractivity contribution in [3.8, 4) is 5.75 Å². The van der Waals surface area contributed by atoms with Crippen LogP contribution in [0.4, 0.5) is 0 Å². The van der Waals surface area contributed by atoms with Crippen LogP contribution in [0, 0.1) is 0 Å². The van der Waals surface area contributed by atoms with Gasteiger partial charge in [0, 0.05) is 0 Å². The lowest BCUT2D eigenvalue weighted by Crippen LogP contribution is -2.12. The highest BCUT2D eigenvalue weighted by atomic mass is 16.5. The Balaban J connectivity index is 1.85. The first kappa shape index (κ1) is 11.3. The van der Waals surface area contributed by atoms with Gasteiger partial charge in [0.1, 0.15) is 5.75 Å². The normalized spacial score (nSPS) is 18.2. The van der Waals surface area contributed by atoms with Gasteiger partial charge in [-0.15, -0.1) is 0 Å². The molecule has 92 valence electrons. The fourth-order valence-corrected chi connectivity index (χ4v) is 2.87. The van der Waals surface area contributed by atoms with Gasteiger partial charge in [0.25, 0.3) is 0 Å². The molecule has 3 rings (SSSR count). The number of hydrogen-bond acceptors (Lipinski definition) is 1. The summed E-state index contributed by atoms with van der Waals surface area (Å²) in [6.07, 6.45) is 3.56. The molecule has 1 unspecified atom stereocenters. The third-order valence-electron chi connectivity index (χ3n) is 3.91. The van der Waals surface area contributed by atoms with Crippen LogP contribution in [-0.4, -0.2) is 7.11 Å². The number of benzene rings is 2. The number of ether oxygens (including phenoxy) is 1. The van der Waals surface area contributed by atoms with E-state index in [4.69, 9.17) is 4.74 Å². The molecule has 0 bridgehead atoms. The van der Waals surface area contributed by atoms with Crippen molar-refractivity contribution in [2.75, 3.05) is 7.11 Å². The predicted molar refractivity (Wildman–Crippen MR) is 74.2 cm³/mol. The SMILES string of the molecule is COc1ccc2c(c1)CCC(c1ccccc1)C2. The van der Waals surface area contributed by atoms with Gasteiger partial charge in [-0.3, -0.25) is 0 Å². The van der Waals surface area contributed by atoms with Crippen LogP contribution in [-0.2, 0) is 12.8 Å². The summed E-state index contributed by atoms with van der Waals surface area (Å²) in [5.74, 6) is 1.65. The maximum absolute atomic E-state index is 5.29. The molecule has 0 heterocycles. The minimum absolute atomic E-state index is 0.673. The summed E-state index contributed by atoms with van der Waals surface area (Å²) in [7, 11) is 1.73. The van der Waals surface area contributed by atoms with E-state index in [1.165, 1.54) is 23.1 Å². The van der Waals surface area contributed by atoms with E-state index in [9.17, 15) is 0 Å². The lowest BCUT2D eigenvalue weighted by atomic mass is 9.80. The highest BCUT2D eigenvalue weighted by molar-refractivity contribution is 5.39. The van der Waals surface area contributed by atoms with E-state index in [1.807, 2.05) is 0 Å². The van der Waals surface area contributed by atoms with Crippen molar-refractivity contribution in [1.82, 2.24) is 0 Å². The molecule has 0 saturated heterocycles. The summed E-state index contributed by atoms with van der Waals surface area (Å²) in [5.41, 5.74) is 4.41. The summed E-state index contributed by atoms with van der Waals surface area (Å²) in [6.45, 7) is 0. The summed E-state index contributed by atoms with van der Waals surface area (Å²) < 4.78 is 5.29. The van der Waals surface area contributed by atoms with Crippen molar-refractivity contribution in [3.63, 3.8) is 0 Å². The van der Waals surface area contributed by atoms with Crippen molar-refractivity contribution in [3.05, 3.63) is 65.2 Å². The second-order valence-electron chi connectivity index (χ2n) is 4.99. The van der Waals surface area contributed by atoms with Gasteiger partial charge >= 0.3 is 0 Å². The molecule has 1 atom stereocenters. The molecule has 0 saturated carbocycles. The van der Waals surface area contributed by atoms with Gasteiger partial charge in [-0.1, -0.05) is 36.4 Å². The highest BCUT2D eigenvalue weighted by Gasteiger charge is 2.20. The smallest absolute Gasteiger partial charge is 0.119 e. The monoisotopic (exact) mass is 238 g/mol. The molecular formula is C17H18O. The molecule has 0 amide bonds. The summed E-state index contributed by atoms with van der Waals surface area (Å²) in [6, 6.07) is 17.4. The molecule has 2 aromatic carbocycles. The Kier molecular flexibility index (Phi) is 3.06. The number of methoxy groups -OCH3 is 1. The Morgan fingerprint density at radius 1 is 1.00 bits per heavy atom. The van der Waals surface area contributed by atoms with Gasteiger partial charge in [0.2, 0.25) is 0 Å². The average Bonchev–Trinajstić information content (AvgIpc) is 2.47. The van der Waals surface area contributed by atoms with Crippen LogP contribution in [0.25, 0.3) is 0 Å². The molecule has 2 aromatic rings. The number of aryl methyl sites for hydroxylation is 1. The zero-order chi connectivity index (χ0) is 12.4. The van der Waals surface area contributed by atoms with E-state index >= 15 is 0 Å². The lowest BCUT2D eigenvalue weighted by Gasteiger charge is -2.25. The Morgan fingerprint density at radius 2 is 1.83 bits per heavy atom. The lowest BCUT2D eigenvalue weighted by molar-refractivity contribution is 0.413. The molecule has 0 spiro atoms. The summed E-state index contributed by atoms with van der Waals surface area (Å²) >= 11 is 0. The van der Waals surface area contributed by atoms with Crippen LogP contribution in [0.15, 0.2) is 48.5 Å². The van der Waals surface area contributed by atoms with E-state index in [-0.39, 0.29) is 0 Å². The highest BCUT2D eigenvalue weighted by Crippen LogP contribution is 2.34. The zero-order valence-corrected chi connectivity index (χ0v) is 10.7. The van der Waals surface area contributed by atoms with Crippen LogP contribution in [0.5, 0.6) is 5.75 Å². The zero-order valence-electron chi connectivity index (χ0n) is 10.7. The second kappa shape index (κ2) is 4.85. The number of hydrogen-bond donors (Lipinski definition) is 0. The minimum atomic E-state index is 0.673. The van der Waals surface area contributed by atoms with Crippen LogP contribution in [0.3, 0.4) is 0 Å². The predicted octanol–water partition coefficient (Wildman–Crippen LogP) is 3.97. The largest absolute Gasteiger partial charge is 0.497 e. The molecular weight excluding hydrogens is 220 g/mol. The van der Waals surface area contributed by atoms with Crippen molar-refractivity contribution < 1.29 is 4.74 Å². The summed E-state index contributed by atoms with van der Waals surface area (Å²) in [5, 5.41) is 0. The number of fused-ring (bicyclic) bond motifs is 1. The quantitative estimate of drug-likeness (QED) is 0.769. The van der Waals surface area contributed by atoms with Crippen molar-refractivity contribution in [1.29, 1.82) is 0 Å². The molecule has 1 nitrogen and oxygen atoms in total. The second-order valence-corrected chi connectivity index (χ2v) is 4.99. The Morgan fingerprint density at radius 3 is 2.61 bits per heavy atom. The van der Waals surface area contributed by atoms with Gasteiger partial charge in [-0.2, -0.15) is 0 Å². The molecule has 0 aliphatic heterocycles. The maximum atomic E-state index is 5.29. The topological polar surface area (TPSA) is 9.23 Å². The van der Waals surface area contributed by atoms with E-state index < -0.39 is 0 Å². The third-order valence-corrected chi connectivity index (χ3v) is 3.91. The van der Waals surface area contributed by atoms with Crippen LogP contribution in [0.2, 0.25) is 0 Å². The first-order chi connectivity index (χ1) is 8.86. The third kappa shape index (κ3) is 2.13. The molecule has 18 heavy (non-hydrogen) atoms. The van der Waals surface area contributed by atoms with Crippen molar-refractivity contribution >= 4 is 0 Å². The van der Waals surface area contributed by atoms with Gasteiger partial charge in [-0.25, -0.2) is 0 Å². The van der Waals surface area contributed by atoms with E-state index in [0.717, 1.165) is 18.6 Å². The van der Waals surface area contributed by atoms with Crippen LogP contribution >= 0.6 is 0 Å². The maximum Gasteiger partial charge on any atom is 0.119 e. The fourth-order valence-electron chi connectivity index (χ4n) is 2.87. The Labute approximate surface area is 108 Å². The molecule has 1 heteroatoms. The van der Waals surface area contributed by atoms with Crippen molar-refractivity contribution in [2.45, 2.75) is 25.2 Å². The summed E-state index contributed by atoms with van der Waals surface area (Å²) in [4.78, 5) is 0. The molecule has 0 aromatic heterocycles. The number of rotatable bonds is 2. The van der Waals surface area contributed by atoms with Gasteiger partial charge in [-0.05, 0) is 54.0 Å². The fraction of sp³-hybridized carbons (Fsp3) is 0.294. The molecule has 1 aliphatic carbocycles. The van der Waals surface area contributed by atoms with E-state index in [0.29, 0.717) is 5.92 Å². The van der Waals surface area contributed by atoms with Crippen LogP contribution < -0.4 is 4.74 Å². The van der Waals surface area contributed by atoms with Gasteiger partial charge in [0.05, 0.1) is 7.11 Å². The van der Waals surface area contributed by atoms with Gasteiger partial charge < -0.3 is 4.74 Å². The first-order valence-electron chi connectivity index (χ1n) is 6.57.